The van der Waals surface area contributed by atoms with Crippen LogP contribution in [0.25, 0.3) is 0 Å². The molecule has 0 aromatic heterocycles. The Kier molecular flexibility index (Phi) is 3.75. The van der Waals surface area contributed by atoms with E-state index in [-0.39, 0.29) is 0 Å². The number of nitrogens with zero attached hydrogens (tertiary/aromatic N) is 1. The van der Waals surface area contributed by atoms with Gasteiger partial charge in [-0.1, -0.05) is 37.3 Å². The molecule has 2 heteroatoms. The van der Waals surface area contributed by atoms with Crippen LogP contribution < -0.4 is 5.32 Å². The molecule has 1 fully saturated rings. The Morgan fingerprint density at radius 2 is 2.13 bits per heavy atom. The summed E-state index contributed by atoms with van der Waals surface area (Å²) in [4.78, 5) is 2.59. The van der Waals surface area contributed by atoms with Gasteiger partial charge in [-0.15, -0.1) is 0 Å². The molecule has 1 heterocycles. The van der Waals surface area contributed by atoms with Crippen molar-refractivity contribution < 1.29 is 0 Å². The second kappa shape index (κ2) is 5.29. The van der Waals surface area contributed by atoms with Crippen molar-refractivity contribution in [2.75, 3.05) is 19.6 Å². The zero-order valence-electron chi connectivity index (χ0n) is 9.45. The van der Waals surface area contributed by atoms with Crippen molar-refractivity contribution in [1.82, 2.24) is 10.2 Å². The molecular formula is C13H20N2. The van der Waals surface area contributed by atoms with Gasteiger partial charge in [-0.25, -0.2) is 0 Å². The van der Waals surface area contributed by atoms with Crippen molar-refractivity contribution >= 4 is 0 Å². The highest BCUT2D eigenvalue weighted by Crippen LogP contribution is 2.12. The maximum Gasteiger partial charge on any atom is 0.0237 e. The van der Waals surface area contributed by atoms with Gasteiger partial charge in [0.2, 0.25) is 0 Å². The van der Waals surface area contributed by atoms with Gasteiger partial charge in [0.15, 0.2) is 0 Å². The third-order valence-corrected chi connectivity index (χ3v) is 3.17. The Morgan fingerprint density at radius 1 is 1.33 bits per heavy atom. The average Bonchev–Trinajstić information content (AvgIpc) is 2.31. The van der Waals surface area contributed by atoms with Crippen molar-refractivity contribution in [3.05, 3.63) is 35.9 Å². The van der Waals surface area contributed by atoms with E-state index in [9.17, 15) is 0 Å². The summed E-state index contributed by atoms with van der Waals surface area (Å²) in [5.74, 6) is 0. The van der Waals surface area contributed by atoms with Crippen LogP contribution in [0.1, 0.15) is 18.9 Å². The van der Waals surface area contributed by atoms with Gasteiger partial charge in [-0.3, -0.25) is 4.90 Å². The van der Waals surface area contributed by atoms with E-state index < -0.39 is 0 Å². The topological polar surface area (TPSA) is 15.3 Å². The van der Waals surface area contributed by atoms with Crippen molar-refractivity contribution in [2.24, 2.45) is 0 Å². The third-order valence-electron chi connectivity index (χ3n) is 3.17. The van der Waals surface area contributed by atoms with Crippen molar-refractivity contribution in [3.8, 4) is 0 Å². The molecule has 1 aliphatic rings. The van der Waals surface area contributed by atoms with Crippen LogP contribution in [-0.4, -0.2) is 30.6 Å². The number of piperazine rings is 1. The quantitative estimate of drug-likeness (QED) is 0.808. The molecule has 1 aromatic rings. The molecule has 82 valence electrons. The predicted molar refractivity (Wildman–Crippen MR) is 63.8 cm³/mol. The fourth-order valence-electron chi connectivity index (χ4n) is 2.23. The van der Waals surface area contributed by atoms with Crippen molar-refractivity contribution in [1.29, 1.82) is 0 Å². The minimum Gasteiger partial charge on any atom is -0.314 e. The second-order valence-electron chi connectivity index (χ2n) is 4.22. The van der Waals surface area contributed by atoms with Gasteiger partial charge >= 0.3 is 0 Å². The molecule has 0 saturated carbocycles. The Morgan fingerprint density at radius 3 is 2.87 bits per heavy atom. The van der Waals surface area contributed by atoms with E-state index in [4.69, 9.17) is 0 Å². The first-order chi connectivity index (χ1) is 7.40. The van der Waals surface area contributed by atoms with E-state index >= 15 is 0 Å². The van der Waals surface area contributed by atoms with Gasteiger partial charge in [0.25, 0.3) is 0 Å². The maximum atomic E-state index is 3.46. The van der Waals surface area contributed by atoms with E-state index in [1.807, 2.05) is 0 Å². The van der Waals surface area contributed by atoms with E-state index in [0.29, 0.717) is 6.04 Å². The molecule has 1 saturated heterocycles. The highest BCUT2D eigenvalue weighted by Gasteiger charge is 2.19. The Balaban J connectivity index is 1.97. The molecule has 0 amide bonds. The molecule has 0 radical (unpaired) electrons. The standard InChI is InChI=1S/C13H20N2/c1-2-13-10-14-8-9-15(13)11-12-6-4-3-5-7-12/h3-7,13-14H,2,8-11H2,1H3/t13-/m1/s1. The Hall–Kier alpha value is -0.860. The van der Waals surface area contributed by atoms with Crippen LogP contribution in [0.4, 0.5) is 0 Å². The number of hydrogen-bond donors (Lipinski definition) is 1. The summed E-state index contributed by atoms with van der Waals surface area (Å²) in [6.07, 6.45) is 1.24. The van der Waals surface area contributed by atoms with Crippen molar-refractivity contribution in [3.63, 3.8) is 0 Å². The minimum atomic E-state index is 0.707. The van der Waals surface area contributed by atoms with Gasteiger partial charge in [-0.2, -0.15) is 0 Å². The number of rotatable bonds is 3. The molecule has 0 spiro atoms. The van der Waals surface area contributed by atoms with E-state index in [1.54, 1.807) is 0 Å². The lowest BCUT2D eigenvalue weighted by molar-refractivity contribution is 0.149. The Labute approximate surface area is 92.3 Å². The van der Waals surface area contributed by atoms with Gasteiger partial charge in [-0.05, 0) is 12.0 Å². The summed E-state index contributed by atoms with van der Waals surface area (Å²) in [6.45, 7) is 6.82. The largest absolute Gasteiger partial charge is 0.314 e. The lowest BCUT2D eigenvalue weighted by atomic mass is 10.1. The molecule has 2 rings (SSSR count). The molecule has 1 aromatic carbocycles. The summed E-state index contributed by atoms with van der Waals surface area (Å²) in [6, 6.07) is 11.5. The van der Waals surface area contributed by atoms with Crippen molar-refractivity contribution in [2.45, 2.75) is 25.9 Å². The van der Waals surface area contributed by atoms with Gasteiger partial charge in [0.05, 0.1) is 0 Å². The fraction of sp³-hybridized carbons (Fsp3) is 0.538. The molecule has 15 heavy (non-hydrogen) atoms. The fourth-order valence-corrected chi connectivity index (χ4v) is 2.23. The number of hydrogen-bond acceptors (Lipinski definition) is 2. The van der Waals surface area contributed by atoms with E-state index in [1.165, 1.54) is 18.5 Å². The minimum absolute atomic E-state index is 0.707. The average molecular weight is 204 g/mol. The van der Waals surface area contributed by atoms with Gasteiger partial charge in [0, 0.05) is 32.2 Å². The van der Waals surface area contributed by atoms with Crippen LogP contribution in [0.2, 0.25) is 0 Å². The van der Waals surface area contributed by atoms with Crippen LogP contribution in [-0.2, 0) is 6.54 Å². The first kappa shape index (κ1) is 10.7. The van der Waals surface area contributed by atoms with Crippen LogP contribution in [0.3, 0.4) is 0 Å². The normalized spacial score (nSPS) is 22.9. The molecule has 2 nitrogen and oxygen atoms in total. The monoisotopic (exact) mass is 204 g/mol. The molecular weight excluding hydrogens is 184 g/mol. The number of nitrogens with one attached hydrogen (secondary N) is 1. The van der Waals surface area contributed by atoms with E-state index in [2.05, 4.69) is 47.5 Å². The molecule has 1 atom stereocenters. The molecule has 0 aliphatic carbocycles. The van der Waals surface area contributed by atoms with Crippen LogP contribution >= 0.6 is 0 Å². The lowest BCUT2D eigenvalue weighted by Crippen LogP contribution is -2.50. The molecule has 0 bridgehead atoms. The highest BCUT2D eigenvalue weighted by atomic mass is 15.2. The summed E-state index contributed by atoms with van der Waals surface area (Å²) in [5.41, 5.74) is 1.43. The van der Waals surface area contributed by atoms with Crippen LogP contribution in [0.15, 0.2) is 30.3 Å². The summed E-state index contributed by atoms with van der Waals surface area (Å²) < 4.78 is 0. The maximum absolute atomic E-state index is 3.46. The van der Waals surface area contributed by atoms with Crippen LogP contribution in [0.5, 0.6) is 0 Å². The number of benzene rings is 1. The molecule has 1 aliphatic heterocycles. The third kappa shape index (κ3) is 2.80. The smallest absolute Gasteiger partial charge is 0.0237 e. The first-order valence-electron chi connectivity index (χ1n) is 5.89. The van der Waals surface area contributed by atoms with E-state index in [0.717, 1.165) is 19.6 Å². The predicted octanol–water partition coefficient (Wildman–Crippen LogP) is 1.87. The molecule has 0 unspecified atom stereocenters. The van der Waals surface area contributed by atoms with Crippen LogP contribution in [0, 0.1) is 0 Å². The Bertz CT molecular complexity index is 284. The lowest BCUT2D eigenvalue weighted by Gasteiger charge is -2.35. The summed E-state index contributed by atoms with van der Waals surface area (Å²) >= 11 is 0. The zero-order valence-corrected chi connectivity index (χ0v) is 9.45. The molecule has 1 N–H and O–H groups in total. The summed E-state index contributed by atoms with van der Waals surface area (Å²) in [5, 5.41) is 3.46. The highest BCUT2D eigenvalue weighted by molar-refractivity contribution is 5.14. The summed E-state index contributed by atoms with van der Waals surface area (Å²) in [7, 11) is 0. The SMILES string of the molecule is CC[C@@H]1CNCCN1Cc1ccccc1. The van der Waals surface area contributed by atoms with Gasteiger partial charge < -0.3 is 5.32 Å². The zero-order chi connectivity index (χ0) is 10.5. The second-order valence-corrected chi connectivity index (χ2v) is 4.22. The first-order valence-corrected chi connectivity index (χ1v) is 5.89. The van der Waals surface area contributed by atoms with Gasteiger partial charge in [0.1, 0.15) is 0 Å².